The second-order valence-corrected chi connectivity index (χ2v) is 14.4. The topological polar surface area (TPSA) is 62.2 Å². The van der Waals surface area contributed by atoms with Crippen LogP contribution in [0.25, 0.3) is 0 Å². The molecule has 298 valence electrons. The maximum absolute atomic E-state index is 9.50. The molecule has 0 spiro atoms. The lowest BCUT2D eigenvalue weighted by Gasteiger charge is -2.21. The van der Waals surface area contributed by atoms with Crippen LogP contribution >= 0.6 is 0 Å². The summed E-state index contributed by atoms with van der Waals surface area (Å²) in [5, 5.41) is 19.0. The Bertz CT molecular complexity index is 942. The van der Waals surface area contributed by atoms with Gasteiger partial charge >= 0.3 is 0 Å². The molecule has 0 bridgehead atoms. The lowest BCUT2D eigenvalue weighted by molar-refractivity contribution is 0.155. The molecule has 0 amide bonds. The fraction of sp³-hybridized carbons (Fsp3) is 0.702. The Balaban J connectivity index is 2.30. The van der Waals surface area contributed by atoms with Crippen molar-refractivity contribution in [3.05, 3.63) is 72.4 Å². The standard InChI is InChI=1S/C47H81NO4/c1-3-5-7-9-11-13-15-17-19-21-23-25-27-29-31-33-39-51-46-41-45(44-48(35-37-49)36-38-50)42-47(43-46)52-40-34-32-30-28-26-24-22-20-18-16-14-12-10-8-6-4-2/h11-14,17-20,41-43,49-50H,3-10,15-16,21-40,44H2,1-2H3/b13-11-,14-12-,19-17-,20-18-. The van der Waals surface area contributed by atoms with E-state index in [0.717, 1.165) is 42.7 Å². The molecule has 0 saturated heterocycles. The van der Waals surface area contributed by atoms with Crippen LogP contribution in [0.1, 0.15) is 174 Å². The molecule has 0 radical (unpaired) electrons. The molecule has 0 aliphatic rings. The molecule has 5 heteroatoms. The molecule has 0 atom stereocenters. The number of unbranched alkanes of at least 4 members (excludes halogenated alkanes) is 18. The summed E-state index contributed by atoms with van der Waals surface area (Å²) in [4.78, 5) is 2.06. The number of nitrogens with zero attached hydrogens (tertiary/aromatic N) is 1. The summed E-state index contributed by atoms with van der Waals surface area (Å²) in [7, 11) is 0. The zero-order valence-corrected chi connectivity index (χ0v) is 33.9. The second-order valence-electron chi connectivity index (χ2n) is 14.4. The monoisotopic (exact) mass is 724 g/mol. The highest BCUT2D eigenvalue weighted by Gasteiger charge is 2.09. The third-order valence-electron chi connectivity index (χ3n) is 9.41. The van der Waals surface area contributed by atoms with Crippen LogP contribution in [0.15, 0.2) is 66.8 Å². The van der Waals surface area contributed by atoms with E-state index < -0.39 is 0 Å². The largest absolute Gasteiger partial charge is 0.493 e. The summed E-state index contributed by atoms with van der Waals surface area (Å²) in [5.41, 5.74) is 1.09. The van der Waals surface area contributed by atoms with E-state index in [9.17, 15) is 10.2 Å². The fourth-order valence-corrected chi connectivity index (χ4v) is 6.26. The van der Waals surface area contributed by atoms with Gasteiger partial charge in [0.15, 0.2) is 0 Å². The molecule has 2 N–H and O–H groups in total. The summed E-state index contributed by atoms with van der Waals surface area (Å²) >= 11 is 0. The third-order valence-corrected chi connectivity index (χ3v) is 9.41. The predicted octanol–water partition coefficient (Wildman–Crippen LogP) is 12.9. The number of aliphatic hydroxyl groups excluding tert-OH is 2. The summed E-state index contributed by atoms with van der Waals surface area (Å²) < 4.78 is 12.4. The molecule has 1 aromatic carbocycles. The van der Waals surface area contributed by atoms with Crippen molar-refractivity contribution in [2.45, 2.75) is 174 Å². The Hall–Kier alpha value is -2.34. The number of aliphatic hydroxyl groups is 2. The van der Waals surface area contributed by atoms with E-state index >= 15 is 0 Å². The van der Waals surface area contributed by atoms with Gasteiger partial charge in [-0.1, -0.05) is 140 Å². The minimum atomic E-state index is 0.0701. The maximum Gasteiger partial charge on any atom is 0.123 e. The first kappa shape index (κ1) is 47.7. The van der Waals surface area contributed by atoms with Gasteiger partial charge in [0, 0.05) is 25.7 Å². The molecule has 1 aromatic rings. The van der Waals surface area contributed by atoms with Crippen LogP contribution in [0, 0.1) is 0 Å². The second kappa shape index (κ2) is 38.4. The maximum atomic E-state index is 9.50. The Kier molecular flexibility index (Phi) is 35.2. The number of benzene rings is 1. The van der Waals surface area contributed by atoms with Crippen LogP contribution in [0.4, 0.5) is 0 Å². The Morgan fingerprint density at radius 2 is 0.827 bits per heavy atom. The van der Waals surface area contributed by atoms with Gasteiger partial charge in [0.1, 0.15) is 11.5 Å². The van der Waals surface area contributed by atoms with Crippen molar-refractivity contribution in [2.75, 3.05) is 39.5 Å². The molecular formula is C47H81NO4. The SMILES string of the molecule is CCCCC/C=C\C/C=C\CCCCCCCCOc1cc(CN(CCO)CCO)cc(OCCCCCCCC/C=C\C/C=C\CCCCC)c1. The van der Waals surface area contributed by atoms with E-state index in [4.69, 9.17) is 9.47 Å². The molecule has 0 aromatic heterocycles. The lowest BCUT2D eigenvalue weighted by atomic mass is 10.1. The van der Waals surface area contributed by atoms with Gasteiger partial charge in [0.05, 0.1) is 26.4 Å². The zero-order valence-electron chi connectivity index (χ0n) is 33.9. The van der Waals surface area contributed by atoms with Gasteiger partial charge in [0.2, 0.25) is 0 Å². The molecule has 0 aliphatic carbocycles. The van der Waals surface area contributed by atoms with Crippen LogP contribution in [-0.4, -0.2) is 54.6 Å². The average molecular weight is 724 g/mol. The van der Waals surface area contributed by atoms with Crippen molar-refractivity contribution in [2.24, 2.45) is 0 Å². The van der Waals surface area contributed by atoms with Crippen molar-refractivity contribution in [1.82, 2.24) is 4.90 Å². The van der Waals surface area contributed by atoms with Gasteiger partial charge in [-0.3, -0.25) is 4.90 Å². The molecule has 0 aliphatic heterocycles. The van der Waals surface area contributed by atoms with E-state index in [-0.39, 0.29) is 13.2 Å². The molecule has 0 fully saturated rings. The highest BCUT2D eigenvalue weighted by Crippen LogP contribution is 2.25. The third kappa shape index (κ3) is 31.2. The van der Waals surface area contributed by atoms with E-state index in [1.54, 1.807) is 0 Å². The number of hydrogen-bond donors (Lipinski definition) is 2. The fourth-order valence-electron chi connectivity index (χ4n) is 6.26. The van der Waals surface area contributed by atoms with E-state index in [1.807, 2.05) is 6.07 Å². The summed E-state index contributed by atoms with van der Waals surface area (Å²) in [6.07, 6.45) is 48.2. The van der Waals surface area contributed by atoms with Crippen molar-refractivity contribution in [3.8, 4) is 11.5 Å². The molecule has 0 unspecified atom stereocenters. The molecule has 5 nitrogen and oxygen atoms in total. The average Bonchev–Trinajstić information content (AvgIpc) is 3.14. The van der Waals surface area contributed by atoms with Crippen LogP contribution in [0.5, 0.6) is 11.5 Å². The van der Waals surface area contributed by atoms with Crippen molar-refractivity contribution in [1.29, 1.82) is 0 Å². The number of rotatable bonds is 38. The van der Waals surface area contributed by atoms with Crippen LogP contribution in [-0.2, 0) is 6.54 Å². The molecular weight excluding hydrogens is 643 g/mol. The van der Waals surface area contributed by atoms with Gasteiger partial charge in [0.25, 0.3) is 0 Å². The Morgan fingerprint density at radius 1 is 0.462 bits per heavy atom. The van der Waals surface area contributed by atoms with E-state index in [0.29, 0.717) is 32.8 Å². The van der Waals surface area contributed by atoms with Crippen molar-refractivity contribution < 1.29 is 19.7 Å². The molecule has 0 heterocycles. The van der Waals surface area contributed by atoms with Gasteiger partial charge < -0.3 is 19.7 Å². The first-order valence-corrected chi connectivity index (χ1v) is 21.7. The number of allylic oxidation sites excluding steroid dienone is 8. The Morgan fingerprint density at radius 3 is 1.21 bits per heavy atom. The first-order valence-electron chi connectivity index (χ1n) is 21.7. The van der Waals surface area contributed by atoms with Crippen LogP contribution < -0.4 is 9.47 Å². The van der Waals surface area contributed by atoms with Crippen LogP contribution in [0.2, 0.25) is 0 Å². The minimum Gasteiger partial charge on any atom is -0.493 e. The highest BCUT2D eigenvalue weighted by atomic mass is 16.5. The van der Waals surface area contributed by atoms with Gasteiger partial charge in [-0.05, 0) is 94.7 Å². The van der Waals surface area contributed by atoms with Crippen molar-refractivity contribution in [3.63, 3.8) is 0 Å². The molecule has 1 rings (SSSR count). The Labute approximate surface area is 321 Å². The number of ether oxygens (including phenoxy) is 2. The van der Waals surface area contributed by atoms with Gasteiger partial charge in [-0.15, -0.1) is 0 Å². The summed E-state index contributed by atoms with van der Waals surface area (Å²) in [6, 6.07) is 6.20. The van der Waals surface area contributed by atoms with Crippen molar-refractivity contribution >= 4 is 0 Å². The molecule has 0 saturated carbocycles. The van der Waals surface area contributed by atoms with E-state index in [2.05, 4.69) is 79.5 Å². The quantitative estimate of drug-likeness (QED) is 0.0525. The minimum absolute atomic E-state index is 0.0701. The lowest BCUT2D eigenvalue weighted by Crippen LogP contribution is -2.29. The first-order chi connectivity index (χ1) is 25.7. The normalized spacial score (nSPS) is 12.2. The number of hydrogen-bond acceptors (Lipinski definition) is 5. The van der Waals surface area contributed by atoms with Gasteiger partial charge in [-0.25, -0.2) is 0 Å². The van der Waals surface area contributed by atoms with E-state index in [1.165, 1.54) is 128 Å². The summed E-state index contributed by atoms with van der Waals surface area (Å²) in [6.45, 7) is 7.77. The van der Waals surface area contributed by atoms with Gasteiger partial charge in [-0.2, -0.15) is 0 Å². The van der Waals surface area contributed by atoms with Crippen LogP contribution in [0.3, 0.4) is 0 Å². The molecule has 52 heavy (non-hydrogen) atoms. The smallest absolute Gasteiger partial charge is 0.123 e. The zero-order chi connectivity index (χ0) is 37.4. The predicted molar refractivity (Wildman–Crippen MR) is 226 cm³/mol. The summed E-state index contributed by atoms with van der Waals surface area (Å²) in [5.74, 6) is 1.69. The highest BCUT2D eigenvalue weighted by molar-refractivity contribution is 5.38.